The van der Waals surface area contributed by atoms with Crippen molar-refractivity contribution in [3.8, 4) is 0 Å². The number of thiazole rings is 1. The first-order valence-electron chi connectivity index (χ1n) is 6.21. The van der Waals surface area contributed by atoms with E-state index in [-0.39, 0.29) is 17.7 Å². The van der Waals surface area contributed by atoms with Crippen molar-refractivity contribution in [1.29, 1.82) is 0 Å². The van der Waals surface area contributed by atoms with E-state index in [1.165, 1.54) is 6.07 Å². The molecule has 5 nitrogen and oxygen atoms in total. The molecule has 0 atom stereocenters. The van der Waals surface area contributed by atoms with Crippen LogP contribution in [-0.2, 0) is 16.6 Å². The number of halogens is 1. The topological polar surface area (TPSA) is 79.3 Å². The molecule has 2 N–H and O–H groups in total. The fourth-order valence-electron chi connectivity index (χ4n) is 1.63. The van der Waals surface area contributed by atoms with Gasteiger partial charge in [0, 0.05) is 5.38 Å². The van der Waals surface area contributed by atoms with E-state index < -0.39 is 20.7 Å². The Labute approximate surface area is 126 Å². The molecule has 1 aromatic carbocycles. The minimum atomic E-state index is -4.04. The van der Waals surface area contributed by atoms with Crippen LogP contribution < -0.4 is 4.72 Å². The largest absolute Gasteiger partial charge is 0.392 e. The molecule has 0 radical (unpaired) electrons. The molecule has 1 heterocycles. The van der Waals surface area contributed by atoms with Gasteiger partial charge in [0.15, 0.2) is 5.13 Å². The van der Waals surface area contributed by atoms with Crippen LogP contribution in [-0.4, -0.2) is 18.5 Å². The second-order valence-corrected chi connectivity index (χ2v) is 7.27. The van der Waals surface area contributed by atoms with Gasteiger partial charge in [-0.15, -0.1) is 11.3 Å². The zero-order valence-electron chi connectivity index (χ0n) is 11.5. The van der Waals surface area contributed by atoms with Gasteiger partial charge >= 0.3 is 0 Å². The summed E-state index contributed by atoms with van der Waals surface area (Å²) in [4.78, 5) is 3.68. The predicted octanol–water partition coefficient (Wildman–Crippen LogP) is 2.70. The molecule has 0 saturated carbocycles. The van der Waals surface area contributed by atoms with E-state index in [4.69, 9.17) is 5.11 Å². The van der Waals surface area contributed by atoms with Gasteiger partial charge in [-0.05, 0) is 23.6 Å². The molecule has 1 aromatic heterocycles. The highest BCUT2D eigenvalue weighted by Gasteiger charge is 2.21. The average molecular weight is 330 g/mol. The number of aromatic nitrogens is 1. The summed E-state index contributed by atoms with van der Waals surface area (Å²) in [6, 6.07) is 3.48. The number of aliphatic hydroxyl groups excluding tert-OH is 1. The molecule has 2 aromatic rings. The summed E-state index contributed by atoms with van der Waals surface area (Å²) >= 11 is 1.15. The van der Waals surface area contributed by atoms with Crippen LogP contribution in [0.3, 0.4) is 0 Å². The van der Waals surface area contributed by atoms with Crippen molar-refractivity contribution in [2.45, 2.75) is 31.3 Å². The zero-order chi connectivity index (χ0) is 15.6. The number of benzene rings is 1. The molecular weight excluding hydrogens is 315 g/mol. The van der Waals surface area contributed by atoms with Gasteiger partial charge in [-0.3, -0.25) is 4.72 Å². The maximum absolute atomic E-state index is 13.8. The van der Waals surface area contributed by atoms with Crippen LogP contribution in [0, 0.1) is 5.82 Å². The molecular formula is C13H15FN2O3S2. The highest BCUT2D eigenvalue weighted by molar-refractivity contribution is 7.93. The van der Waals surface area contributed by atoms with E-state index in [9.17, 15) is 12.8 Å². The van der Waals surface area contributed by atoms with Crippen molar-refractivity contribution in [3.05, 3.63) is 40.7 Å². The Kier molecular flexibility index (Phi) is 4.60. The third-order valence-electron chi connectivity index (χ3n) is 2.80. The highest BCUT2D eigenvalue weighted by Crippen LogP contribution is 2.25. The first-order chi connectivity index (χ1) is 9.83. The third-order valence-corrected chi connectivity index (χ3v) is 5.08. The standard InChI is InChI=1S/C13H15FN2O3S2/c1-8(2)11-7-20-13(15-11)16-21(18,19)12-4-3-9(6-17)5-10(12)14/h3-5,7-8,17H,6H2,1-2H3,(H,15,16). The van der Waals surface area contributed by atoms with Crippen LogP contribution in [0.5, 0.6) is 0 Å². The Morgan fingerprint density at radius 1 is 1.43 bits per heavy atom. The summed E-state index contributed by atoms with van der Waals surface area (Å²) in [6.45, 7) is 3.54. The summed E-state index contributed by atoms with van der Waals surface area (Å²) in [5.41, 5.74) is 1.08. The Balaban J connectivity index is 2.29. The lowest BCUT2D eigenvalue weighted by molar-refractivity contribution is 0.281. The van der Waals surface area contributed by atoms with Gasteiger partial charge < -0.3 is 5.11 Å². The van der Waals surface area contributed by atoms with E-state index in [1.807, 2.05) is 13.8 Å². The van der Waals surface area contributed by atoms with Crippen LogP contribution in [0.1, 0.15) is 31.0 Å². The summed E-state index contributed by atoms with van der Waals surface area (Å²) in [5, 5.41) is 10.9. The molecule has 21 heavy (non-hydrogen) atoms. The van der Waals surface area contributed by atoms with Crippen LogP contribution in [0.25, 0.3) is 0 Å². The fourth-order valence-corrected chi connectivity index (χ4v) is 3.81. The maximum Gasteiger partial charge on any atom is 0.266 e. The maximum atomic E-state index is 13.8. The van der Waals surface area contributed by atoms with Crippen LogP contribution in [0.4, 0.5) is 9.52 Å². The number of nitrogens with zero attached hydrogens (tertiary/aromatic N) is 1. The van der Waals surface area contributed by atoms with Gasteiger partial charge in [-0.25, -0.2) is 17.8 Å². The Bertz CT molecular complexity index is 742. The summed E-state index contributed by atoms with van der Waals surface area (Å²) < 4.78 is 40.4. The molecule has 0 aliphatic rings. The quantitative estimate of drug-likeness (QED) is 0.883. The minimum absolute atomic E-state index is 0.181. The zero-order valence-corrected chi connectivity index (χ0v) is 13.1. The molecule has 0 amide bonds. The molecule has 2 rings (SSSR count). The molecule has 0 fully saturated rings. The Morgan fingerprint density at radius 3 is 2.67 bits per heavy atom. The number of anilines is 1. The molecule has 0 bridgehead atoms. The fraction of sp³-hybridized carbons (Fsp3) is 0.308. The van der Waals surface area contributed by atoms with Gasteiger partial charge in [0.25, 0.3) is 10.0 Å². The van der Waals surface area contributed by atoms with E-state index in [2.05, 4.69) is 9.71 Å². The van der Waals surface area contributed by atoms with E-state index >= 15 is 0 Å². The molecule has 0 aliphatic heterocycles. The van der Waals surface area contributed by atoms with Gasteiger partial charge in [0.2, 0.25) is 0 Å². The second kappa shape index (κ2) is 6.08. The lowest BCUT2D eigenvalue weighted by atomic mass is 10.2. The number of rotatable bonds is 5. The number of nitrogens with one attached hydrogen (secondary N) is 1. The number of sulfonamides is 1. The number of aliphatic hydroxyl groups is 1. The van der Waals surface area contributed by atoms with Crippen molar-refractivity contribution >= 4 is 26.5 Å². The summed E-state index contributed by atoms with van der Waals surface area (Å²) in [5.74, 6) is -0.727. The second-order valence-electron chi connectivity index (χ2n) is 4.76. The van der Waals surface area contributed by atoms with E-state index in [1.54, 1.807) is 5.38 Å². The van der Waals surface area contributed by atoms with Crippen molar-refractivity contribution in [2.75, 3.05) is 4.72 Å². The van der Waals surface area contributed by atoms with Crippen molar-refractivity contribution in [1.82, 2.24) is 4.98 Å². The van der Waals surface area contributed by atoms with E-state index in [0.717, 1.165) is 29.2 Å². The molecule has 0 aliphatic carbocycles. The van der Waals surface area contributed by atoms with Gasteiger partial charge in [-0.2, -0.15) is 0 Å². The van der Waals surface area contributed by atoms with Gasteiger partial charge in [-0.1, -0.05) is 19.9 Å². The summed E-state index contributed by atoms with van der Waals surface area (Å²) in [6.07, 6.45) is 0. The lowest BCUT2D eigenvalue weighted by Gasteiger charge is -2.07. The summed E-state index contributed by atoms with van der Waals surface area (Å²) in [7, 11) is -4.04. The number of hydrogen-bond acceptors (Lipinski definition) is 5. The van der Waals surface area contributed by atoms with Crippen LogP contribution in [0.15, 0.2) is 28.5 Å². The molecule has 0 saturated heterocycles. The van der Waals surface area contributed by atoms with E-state index in [0.29, 0.717) is 5.56 Å². The van der Waals surface area contributed by atoms with Crippen molar-refractivity contribution in [3.63, 3.8) is 0 Å². The smallest absolute Gasteiger partial charge is 0.266 e. The third kappa shape index (κ3) is 3.58. The molecule has 0 unspecified atom stereocenters. The Morgan fingerprint density at radius 2 is 2.14 bits per heavy atom. The van der Waals surface area contributed by atoms with Crippen molar-refractivity contribution < 1.29 is 17.9 Å². The molecule has 0 spiro atoms. The lowest BCUT2D eigenvalue weighted by Crippen LogP contribution is -2.14. The molecule has 114 valence electrons. The normalized spacial score (nSPS) is 11.9. The molecule has 8 heteroatoms. The first-order valence-corrected chi connectivity index (χ1v) is 8.57. The van der Waals surface area contributed by atoms with Gasteiger partial charge in [0.1, 0.15) is 10.7 Å². The first kappa shape index (κ1) is 15.9. The SMILES string of the molecule is CC(C)c1csc(NS(=O)(=O)c2ccc(CO)cc2F)n1. The average Bonchev–Trinajstić information content (AvgIpc) is 2.86. The Hall–Kier alpha value is -1.51. The number of hydrogen-bond donors (Lipinski definition) is 2. The highest BCUT2D eigenvalue weighted by atomic mass is 32.2. The minimum Gasteiger partial charge on any atom is -0.392 e. The predicted molar refractivity (Wildman–Crippen MR) is 79.3 cm³/mol. The van der Waals surface area contributed by atoms with Gasteiger partial charge in [0.05, 0.1) is 12.3 Å². The van der Waals surface area contributed by atoms with Crippen molar-refractivity contribution in [2.24, 2.45) is 0 Å². The van der Waals surface area contributed by atoms with Crippen LogP contribution in [0.2, 0.25) is 0 Å². The van der Waals surface area contributed by atoms with Crippen LogP contribution >= 0.6 is 11.3 Å². The monoisotopic (exact) mass is 330 g/mol.